The highest BCUT2D eigenvalue weighted by Gasteiger charge is 2.31. The average Bonchev–Trinajstić information content (AvgIpc) is 2.73. The number of nitrogens with zero attached hydrogens (tertiary/aromatic N) is 1. The number of rotatable bonds is 5. The van der Waals surface area contributed by atoms with Crippen molar-refractivity contribution in [2.45, 2.75) is 38.4 Å². The normalized spacial score (nSPS) is 23.9. The van der Waals surface area contributed by atoms with Crippen molar-refractivity contribution in [3.05, 3.63) is 0 Å². The lowest BCUT2D eigenvalue weighted by molar-refractivity contribution is -0.141. The number of carbonyl (C=O) groups excluding carboxylic acids is 1. The maximum absolute atomic E-state index is 11.9. The molecule has 2 unspecified atom stereocenters. The Kier molecular flexibility index (Phi) is 7.72. The van der Waals surface area contributed by atoms with Crippen molar-refractivity contribution in [1.29, 1.82) is 0 Å². The standard InChI is InChI=1S/C11H22N2O2.ClH/c1-4-9-5-6-10(15-9)11(14)13(3)8-7-12-2;/h9-10,12H,4-8H2,1-3H3;1H. The van der Waals surface area contributed by atoms with Crippen molar-refractivity contribution in [3.8, 4) is 0 Å². The summed E-state index contributed by atoms with van der Waals surface area (Å²) < 4.78 is 5.66. The van der Waals surface area contributed by atoms with E-state index in [9.17, 15) is 4.79 Å². The van der Waals surface area contributed by atoms with Crippen LogP contribution >= 0.6 is 12.4 Å². The first kappa shape index (κ1) is 15.7. The third-order valence-corrected chi connectivity index (χ3v) is 2.91. The van der Waals surface area contributed by atoms with Crippen LogP contribution in [-0.4, -0.2) is 50.2 Å². The van der Waals surface area contributed by atoms with Crippen molar-refractivity contribution in [2.24, 2.45) is 0 Å². The van der Waals surface area contributed by atoms with Gasteiger partial charge in [0.2, 0.25) is 0 Å². The predicted octanol–water partition coefficient (Wildman–Crippen LogP) is 1.04. The van der Waals surface area contributed by atoms with Crippen molar-refractivity contribution >= 4 is 18.3 Å². The van der Waals surface area contributed by atoms with E-state index >= 15 is 0 Å². The summed E-state index contributed by atoms with van der Waals surface area (Å²) in [5.74, 6) is 0.126. The summed E-state index contributed by atoms with van der Waals surface area (Å²) in [5, 5.41) is 3.03. The number of hydrogen-bond donors (Lipinski definition) is 1. The molecule has 1 saturated heterocycles. The molecular weight excluding hydrogens is 228 g/mol. The molecule has 0 aliphatic carbocycles. The molecule has 2 atom stereocenters. The lowest BCUT2D eigenvalue weighted by Gasteiger charge is -2.21. The summed E-state index contributed by atoms with van der Waals surface area (Å²) in [6.07, 6.45) is 2.99. The summed E-state index contributed by atoms with van der Waals surface area (Å²) in [6, 6.07) is 0. The second-order valence-electron chi connectivity index (χ2n) is 4.10. The number of likely N-dealkylation sites (N-methyl/N-ethyl adjacent to an activating group) is 2. The van der Waals surface area contributed by atoms with Crippen molar-refractivity contribution in [3.63, 3.8) is 0 Å². The van der Waals surface area contributed by atoms with E-state index in [2.05, 4.69) is 12.2 Å². The molecule has 0 aromatic heterocycles. The Morgan fingerprint density at radius 3 is 2.69 bits per heavy atom. The maximum Gasteiger partial charge on any atom is 0.251 e. The van der Waals surface area contributed by atoms with Gasteiger partial charge in [0.25, 0.3) is 5.91 Å². The number of halogens is 1. The number of carbonyl (C=O) groups is 1. The minimum atomic E-state index is -0.197. The Bertz CT molecular complexity index is 214. The highest BCUT2D eigenvalue weighted by Crippen LogP contribution is 2.22. The minimum absolute atomic E-state index is 0. The molecule has 0 radical (unpaired) electrons. The first-order valence-electron chi connectivity index (χ1n) is 5.74. The average molecular weight is 251 g/mol. The van der Waals surface area contributed by atoms with Crippen LogP contribution in [0.4, 0.5) is 0 Å². The van der Waals surface area contributed by atoms with Crippen molar-refractivity contribution < 1.29 is 9.53 Å². The van der Waals surface area contributed by atoms with Gasteiger partial charge < -0.3 is 15.0 Å². The van der Waals surface area contributed by atoms with E-state index in [4.69, 9.17) is 4.74 Å². The fraction of sp³-hybridized carbons (Fsp3) is 0.909. The Labute approximate surface area is 104 Å². The van der Waals surface area contributed by atoms with E-state index in [1.807, 2.05) is 14.1 Å². The van der Waals surface area contributed by atoms with Crippen LogP contribution in [0.25, 0.3) is 0 Å². The predicted molar refractivity (Wildman–Crippen MR) is 67.0 cm³/mol. The van der Waals surface area contributed by atoms with Gasteiger partial charge in [-0.05, 0) is 26.3 Å². The zero-order valence-electron chi connectivity index (χ0n) is 10.4. The van der Waals surface area contributed by atoms with Gasteiger partial charge in [-0.2, -0.15) is 0 Å². The van der Waals surface area contributed by atoms with Crippen molar-refractivity contribution in [1.82, 2.24) is 10.2 Å². The van der Waals surface area contributed by atoms with Crippen molar-refractivity contribution in [2.75, 3.05) is 27.2 Å². The van der Waals surface area contributed by atoms with Crippen LogP contribution in [0.2, 0.25) is 0 Å². The summed E-state index contributed by atoms with van der Waals surface area (Å²) in [4.78, 5) is 13.6. The van der Waals surface area contributed by atoms with Gasteiger partial charge in [-0.1, -0.05) is 6.92 Å². The highest BCUT2D eigenvalue weighted by molar-refractivity contribution is 5.85. The second kappa shape index (κ2) is 7.87. The van der Waals surface area contributed by atoms with E-state index in [1.54, 1.807) is 4.90 Å². The third-order valence-electron chi connectivity index (χ3n) is 2.91. The smallest absolute Gasteiger partial charge is 0.251 e. The molecule has 0 aromatic carbocycles. The number of amides is 1. The fourth-order valence-electron chi connectivity index (χ4n) is 1.82. The monoisotopic (exact) mass is 250 g/mol. The summed E-state index contributed by atoms with van der Waals surface area (Å²) >= 11 is 0. The number of nitrogens with one attached hydrogen (secondary N) is 1. The van der Waals surface area contributed by atoms with Crippen LogP contribution in [-0.2, 0) is 9.53 Å². The van der Waals surface area contributed by atoms with Crippen LogP contribution in [0.1, 0.15) is 26.2 Å². The van der Waals surface area contributed by atoms with E-state index < -0.39 is 0 Å². The molecule has 5 heteroatoms. The van der Waals surface area contributed by atoms with Crippen LogP contribution in [0.3, 0.4) is 0 Å². The molecule has 1 rings (SSSR count). The molecular formula is C11H23ClN2O2. The summed E-state index contributed by atoms with van der Waals surface area (Å²) in [7, 11) is 3.72. The van der Waals surface area contributed by atoms with Gasteiger partial charge in [-0.15, -0.1) is 12.4 Å². The third kappa shape index (κ3) is 4.28. The molecule has 0 saturated carbocycles. The van der Waals surface area contributed by atoms with Crippen LogP contribution in [0.5, 0.6) is 0 Å². The van der Waals surface area contributed by atoms with E-state index in [-0.39, 0.29) is 30.5 Å². The van der Waals surface area contributed by atoms with Crippen LogP contribution in [0, 0.1) is 0 Å². The van der Waals surface area contributed by atoms with Gasteiger partial charge in [-0.25, -0.2) is 0 Å². The molecule has 0 spiro atoms. The van der Waals surface area contributed by atoms with Gasteiger partial charge in [0.15, 0.2) is 0 Å². The molecule has 1 aliphatic rings. The van der Waals surface area contributed by atoms with Gasteiger partial charge in [0, 0.05) is 20.1 Å². The van der Waals surface area contributed by atoms with Crippen LogP contribution in [0.15, 0.2) is 0 Å². The molecule has 1 fully saturated rings. The topological polar surface area (TPSA) is 41.6 Å². The maximum atomic E-state index is 11.9. The SMILES string of the molecule is CCC1CCC(C(=O)N(C)CCNC)O1.Cl. The Hall–Kier alpha value is -0.320. The Morgan fingerprint density at radius 1 is 1.50 bits per heavy atom. The molecule has 1 heterocycles. The molecule has 1 aliphatic heterocycles. The first-order chi connectivity index (χ1) is 7.19. The van der Waals surface area contributed by atoms with Crippen LogP contribution < -0.4 is 5.32 Å². The minimum Gasteiger partial charge on any atom is -0.365 e. The quantitative estimate of drug-likeness (QED) is 0.793. The highest BCUT2D eigenvalue weighted by atomic mass is 35.5. The van der Waals surface area contributed by atoms with E-state index in [0.29, 0.717) is 0 Å². The molecule has 4 nitrogen and oxygen atoms in total. The largest absolute Gasteiger partial charge is 0.365 e. The zero-order chi connectivity index (χ0) is 11.3. The Morgan fingerprint density at radius 2 is 2.19 bits per heavy atom. The number of hydrogen-bond acceptors (Lipinski definition) is 3. The second-order valence-corrected chi connectivity index (χ2v) is 4.10. The van der Waals surface area contributed by atoms with E-state index in [0.717, 1.165) is 32.4 Å². The molecule has 1 amide bonds. The van der Waals surface area contributed by atoms with Gasteiger partial charge >= 0.3 is 0 Å². The molecule has 96 valence electrons. The van der Waals surface area contributed by atoms with Gasteiger partial charge in [0.05, 0.1) is 6.10 Å². The summed E-state index contributed by atoms with van der Waals surface area (Å²) in [5.41, 5.74) is 0. The fourth-order valence-corrected chi connectivity index (χ4v) is 1.82. The molecule has 0 bridgehead atoms. The zero-order valence-corrected chi connectivity index (χ0v) is 11.2. The lowest BCUT2D eigenvalue weighted by atomic mass is 10.1. The lowest BCUT2D eigenvalue weighted by Crippen LogP contribution is -2.39. The van der Waals surface area contributed by atoms with E-state index in [1.165, 1.54) is 0 Å². The first-order valence-corrected chi connectivity index (χ1v) is 5.74. The summed E-state index contributed by atoms with van der Waals surface area (Å²) in [6.45, 7) is 3.67. The molecule has 0 aromatic rings. The van der Waals surface area contributed by atoms with Gasteiger partial charge in [-0.3, -0.25) is 4.79 Å². The van der Waals surface area contributed by atoms with Gasteiger partial charge in [0.1, 0.15) is 6.10 Å². The number of ether oxygens (including phenoxy) is 1. The molecule has 1 N–H and O–H groups in total. The Balaban J connectivity index is 0.00000225. The molecule has 16 heavy (non-hydrogen) atoms.